The number of hydrogen-bond donors (Lipinski definition) is 1. The number of unbranched alkanes of at least 4 members (excludes halogenated alkanes) is 1. The second-order valence-electron chi connectivity index (χ2n) is 3.69. The monoisotopic (exact) mass is 237 g/mol. The molecule has 2 heterocycles. The molecule has 86 valence electrons. The van der Waals surface area contributed by atoms with Gasteiger partial charge in [0, 0.05) is 17.5 Å². The molecule has 16 heavy (non-hydrogen) atoms. The average molecular weight is 237 g/mol. The molecular formula is C10H15N5S. The number of tetrazole rings is 1. The summed E-state index contributed by atoms with van der Waals surface area (Å²) >= 11 is 1.67. The van der Waals surface area contributed by atoms with Gasteiger partial charge in [0.05, 0.1) is 0 Å². The summed E-state index contributed by atoms with van der Waals surface area (Å²) in [6.07, 6.45) is 2.01. The summed E-state index contributed by atoms with van der Waals surface area (Å²) in [5.74, 6) is 0.857. The lowest BCUT2D eigenvalue weighted by Crippen LogP contribution is -2.06. The van der Waals surface area contributed by atoms with Crippen molar-refractivity contribution in [2.45, 2.75) is 26.3 Å². The topological polar surface area (TPSA) is 69.6 Å². The molecule has 0 fully saturated rings. The lowest BCUT2D eigenvalue weighted by Gasteiger charge is -2.03. The quantitative estimate of drug-likeness (QED) is 0.799. The number of rotatable bonds is 5. The Hall–Kier alpha value is -1.27. The van der Waals surface area contributed by atoms with Crippen molar-refractivity contribution >= 4 is 11.3 Å². The van der Waals surface area contributed by atoms with E-state index in [1.165, 1.54) is 5.56 Å². The van der Waals surface area contributed by atoms with E-state index in [9.17, 15) is 0 Å². The highest BCUT2D eigenvalue weighted by molar-refractivity contribution is 7.08. The first-order valence-electron chi connectivity index (χ1n) is 5.32. The molecule has 0 unspecified atom stereocenters. The zero-order valence-electron chi connectivity index (χ0n) is 9.26. The Kier molecular flexibility index (Phi) is 3.63. The van der Waals surface area contributed by atoms with Crippen LogP contribution >= 0.6 is 11.3 Å². The van der Waals surface area contributed by atoms with Gasteiger partial charge in [-0.1, -0.05) is 0 Å². The van der Waals surface area contributed by atoms with Crippen LogP contribution in [0.2, 0.25) is 0 Å². The van der Waals surface area contributed by atoms with Crippen molar-refractivity contribution in [3.05, 3.63) is 16.3 Å². The normalized spacial score (nSPS) is 10.9. The van der Waals surface area contributed by atoms with E-state index in [-0.39, 0.29) is 0 Å². The van der Waals surface area contributed by atoms with Crippen molar-refractivity contribution in [1.29, 1.82) is 0 Å². The minimum absolute atomic E-state index is 0.717. The molecule has 2 N–H and O–H groups in total. The zero-order chi connectivity index (χ0) is 11.4. The van der Waals surface area contributed by atoms with Crippen LogP contribution in [0.3, 0.4) is 0 Å². The number of thiophene rings is 1. The van der Waals surface area contributed by atoms with E-state index in [1.807, 2.05) is 4.68 Å². The van der Waals surface area contributed by atoms with Crippen molar-refractivity contribution in [2.24, 2.45) is 5.73 Å². The van der Waals surface area contributed by atoms with Gasteiger partial charge in [-0.25, -0.2) is 4.68 Å². The maximum absolute atomic E-state index is 5.47. The van der Waals surface area contributed by atoms with Crippen LogP contribution in [0, 0.1) is 6.92 Å². The smallest absolute Gasteiger partial charge is 0.183 e. The van der Waals surface area contributed by atoms with E-state index in [2.05, 4.69) is 33.2 Å². The molecular weight excluding hydrogens is 222 g/mol. The van der Waals surface area contributed by atoms with E-state index >= 15 is 0 Å². The molecule has 0 bridgehead atoms. The van der Waals surface area contributed by atoms with E-state index in [0.717, 1.165) is 37.3 Å². The molecule has 0 atom stereocenters. The Morgan fingerprint density at radius 2 is 2.25 bits per heavy atom. The van der Waals surface area contributed by atoms with E-state index in [1.54, 1.807) is 11.3 Å². The predicted octanol–water partition coefficient (Wildman–Crippen LogP) is 1.45. The first kappa shape index (κ1) is 11.2. The highest BCUT2D eigenvalue weighted by atomic mass is 32.1. The fraction of sp³-hybridized carbons (Fsp3) is 0.500. The number of hydrogen-bond acceptors (Lipinski definition) is 5. The molecule has 2 aromatic heterocycles. The molecule has 5 nitrogen and oxygen atoms in total. The maximum atomic E-state index is 5.47. The van der Waals surface area contributed by atoms with Crippen molar-refractivity contribution < 1.29 is 0 Å². The van der Waals surface area contributed by atoms with Gasteiger partial charge in [-0.05, 0) is 47.7 Å². The Bertz CT molecular complexity index is 448. The predicted molar refractivity (Wildman–Crippen MR) is 64.2 cm³/mol. The van der Waals surface area contributed by atoms with Crippen LogP contribution in [-0.4, -0.2) is 26.8 Å². The van der Waals surface area contributed by atoms with Crippen LogP contribution in [0.5, 0.6) is 0 Å². The largest absolute Gasteiger partial charge is 0.330 e. The van der Waals surface area contributed by atoms with Crippen LogP contribution in [0.1, 0.15) is 18.4 Å². The lowest BCUT2D eigenvalue weighted by molar-refractivity contribution is 0.548. The second-order valence-corrected chi connectivity index (χ2v) is 4.43. The minimum Gasteiger partial charge on any atom is -0.330 e. The van der Waals surface area contributed by atoms with Crippen molar-refractivity contribution in [1.82, 2.24) is 20.2 Å². The second kappa shape index (κ2) is 5.18. The summed E-state index contributed by atoms with van der Waals surface area (Å²) in [5, 5.41) is 16.0. The van der Waals surface area contributed by atoms with Gasteiger partial charge in [0.1, 0.15) is 0 Å². The highest BCUT2D eigenvalue weighted by Crippen LogP contribution is 2.24. The van der Waals surface area contributed by atoms with Crippen LogP contribution in [0.4, 0.5) is 0 Å². The third-order valence-electron chi connectivity index (χ3n) is 2.45. The van der Waals surface area contributed by atoms with Crippen LogP contribution in [0.15, 0.2) is 10.8 Å². The third-order valence-corrected chi connectivity index (χ3v) is 3.31. The molecule has 2 rings (SSSR count). The summed E-state index contributed by atoms with van der Waals surface area (Å²) in [7, 11) is 0. The molecule has 0 aliphatic rings. The van der Waals surface area contributed by atoms with Gasteiger partial charge < -0.3 is 5.73 Å². The van der Waals surface area contributed by atoms with E-state index in [0.29, 0.717) is 0 Å². The molecule has 0 radical (unpaired) electrons. The standard InChI is InChI=1S/C10H15N5S/c1-8-6-16-7-9(8)10-12-13-14-15(10)5-3-2-4-11/h6-7H,2-5,11H2,1H3. The SMILES string of the molecule is Cc1cscc1-c1nnnn1CCCCN. The Balaban J connectivity index is 2.16. The number of aryl methyl sites for hydroxylation is 2. The summed E-state index contributed by atoms with van der Waals surface area (Å²) in [4.78, 5) is 0. The zero-order valence-corrected chi connectivity index (χ0v) is 10.1. The molecule has 2 aromatic rings. The van der Waals surface area contributed by atoms with Gasteiger partial charge in [0.2, 0.25) is 0 Å². The summed E-state index contributed by atoms with van der Waals surface area (Å²) in [6.45, 7) is 3.62. The molecule has 0 spiro atoms. The van der Waals surface area contributed by atoms with E-state index < -0.39 is 0 Å². The van der Waals surface area contributed by atoms with Gasteiger partial charge in [-0.15, -0.1) is 5.10 Å². The Morgan fingerprint density at radius 1 is 1.38 bits per heavy atom. The molecule has 0 saturated carbocycles. The Labute approximate surface area is 98.3 Å². The summed E-state index contributed by atoms with van der Waals surface area (Å²) in [5.41, 5.74) is 7.82. The fourth-order valence-electron chi connectivity index (χ4n) is 1.54. The number of nitrogens with two attached hydrogens (primary N) is 1. The minimum atomic E-state index is 0.717. The van der Waals surface area contributed by atoms with Gasteiger partial charge in [-0.2, -0.15) is 11.3 Å². The van der Waals surface area contributed by atoms with Gasteiger partial charge in [-0.3, -0.25) is 0 Å². The molecule has 0 aliphatic heterocycles. The molecule has 0 amide bonds. The summed E-state index contributed by atoms with van der Waals surface area (Å²) < 4.78 is 1.85. The molecule has 6 heteroatoms. The van der Waals surface area contributed by atoms with Crippen molar-refractivity contribution in [3.8, 4) is 11.4 Å². The number of nitrogens with zero attached hydrogens (tertiary/aromatic N) is 4. The lowest BCUT2D eigenvalue weighted by atomic mass is 10.2. The maximum Gasteiger partial charge on any atom is 0.183 e. The Morgan fingerprint density at radius 3 is 2.94 bits per heavy atom. The van der Waals surface area contributed by atoms with Crippen molar-refractivity contribution in [2.75, 3.05) is 6.54 Å². The van der Waals surface area contributed by atoms with Crippen molar-refractivity contribution in [3.63, 3.8) is 0 Å². The van der Waals surface area contributed by atoms with Crippen LogP contribution in [0.25, 0.3) is 11.4 Å². The van der Waals surface area contributed by atoms with Gasteiger partial charge in [0.25, 0.3) is 0 Å². The highest BCUT2D eigenvalue weighted by Gasteiger charge is 2.11. The first-order chi connectivity index (χ1) is 7.83. The third kappa shape index (κ3) is 2.28. The average Bonchev–Trinajstić information content (AvgIpc) is 2.87. The first-order valence-corrected chi connectivity index (χ1v) is 6.26. The summed E-state index contributed by atoms with van der Waals surface area (Å²) in [6, 6.07) is 0. The molecule has 0 aliphatic carbocycles. The molecule has 0 saturated heterocycles. The van der Waals surface area contributed by atoms with Gasteiger partial charge >= 0.3 is 0 Å². The molecule has 0 aromatic carbocycles. The fourth-order valence-corrected chi connectivity index (χ4v) is 2.37. The van der Waals surface area contributed by atoms with E-state index in [4.69, 9.17) is 5.73 Å². The van der Waals surface area contributed by atoms with Gasteiger partial charge in [0.15, 0.2) is 5.82 Å². The van der Waals surface area contributed by atoms with Crippen LogP contribution in [-0.2, 0) is 6.54 Å². The number of aromatic nitrogens is 4. The van der Waals surface area contributed by atoms with Crippen LogP contribution < -0.4 is 5.73 Å².